The van der Waals surface area contributed by atoms with E-state index in [1.54, 1.807) is 0 Å². The fraction of sp³-hybridized carbons (Fsp3) is 0.800. The number of carbonyl (C=O) groups excluding carboxylic acids is 2. The van der Waals surface area contributed by atoms with Gasteiger partial charge in [-0.2, -0.15) is 0 Å². The molecule has 0 spiro atoms. The molecule has 0 bridgehead atoms. The lowest BCUT2D eigenvalue weighted by Gasteiger charge is -2.13. The van der Waals surface area contributed by atoms with Crippen LogP contribution in [0.1, 0.15) is 19.3 Å². The molecule has 98 valence electrons. The highest BCUT2D eigenvalue weighted by Crippen LogP contribution is 2.26. The van der Waals surface area contributed by atoms with Crippen molar-refractivity contribution in [2.24, 2.45) is 5.92 Å². The number of hydrogen-bond donors (Lipinski definition) is 2. The number of urea groups is 1. The molecule has 1 rings (SSSR count). The number of rotatable bonds is 4. The molecular formula is C10H16F2N2O3. The Morgan fingerprint density at radius 3 is 2.71 bits per heavy atom. The molecule has 2 amide bonds. The lowest BCUT2D eigenvalue weighted by Crippen LogP contribution is -2.42. The SMILES string of the molecule is COC(=O)[C@@H]1CC[C@@H](NC(=O)NCC(F)F)C1. The molecule has 2 atom stereocenters. The van der Waals surface area contributed by atoms with Crippen molar-refractivity contribution in [2.45, 2.75) is 31.7 Å². The van der Waals surface area contributed by atoms with Crippen LogP contribution < -0.4 is 10.6 Å². The first-order valence-corrected chi connectivity index (χ1v) is 5.43. The van der Waals surface area contributed by atoms with E-state index in [1.165, 1.54) is 7.11 Å². The van der Waals surface area contributed by atoms with Crippen molar-refractivity contribution in [3.8, 4) is 0 Å². The maximum atomic E-state index is 11.8. The molecule has 0 aliphatic heterocycles. The van der Waals surface area contributed by atoms with Crippen LogP contribution in [0.25, 0.3) is 0 Å². The summed E-state index contributed by atoms with van der Waals surface area (Å²) in [6.07, 6.45) is -0.768. The Hall–Kier alpha value is -1.40. The number of nitrogens with one attached hydrogen (secondary N) is 2. The number of methoxy groups -OCH3 is 1. The minimum absolute atomic E-state index is 0.156. The minimum atomic E-state index is -2.56. The zero-order valence-electron chi connectivity index (χ0n) is 9.54. The molecule has 1 saturated carbocycles. The fourth-order valence-corrected chi connectivity index (χ4v) is 1.90. The average molecular weight is 250 g/mol. The molecule has 0 saturated heterocycles. The highest BCUT2D eigenvalue weighted by atomic mass is 19.3. The van der Waals surface area contributed by atoms with E-state index in [9.17, 15) is 18.4 Å². The second-order valence-electron chi connectivity index (χ2n) is 3.98. The molecule has 0 heterocycles. The van der Waals surface area contributed by atoms with Crippen molar-refractivity contribution in [3.63, 3.8) is 0 Å². The lowest BCUT2D eigenvalue weighted by molar-refractivity contribution is -0.145. The Labute approximate surface area is 97.9 Å². The molecule has 0 aromatic heterocycles. The van der Waals surface area contributed by atoms with Crippen molar-refractivity contribution >= 4 is 12.0 Å². The van der Waals surface area contributed by atoms with Crippen molar-refractivity contribution in [1.29, 1.82) is 0 Å². The molecule has 0 aromatic rings. The van der Waals surface area contributed by atoms with Crippen LogP contribution in [-0.2, 0) is 9.53 Å². The summed E-state index contributed by atoms with van der Waals surface area (Å²) >= 11 is 0. The van der Waals surface area contributed by atoms with Crippen molar-refractivity contribution < 1.29 is 23.1 Å². The van der Waals surface area contributed by atoms with E-state index < -0.39 is 19.0 Å². The predicted molar refractivity (Wildman–Crippen MR) is 55.7 cm³/mol. The number of halogens is 2. The molecule has 0 aromatic carbocycles. The summed E-state index contributed by atoms with van der Waals surface area (Å²) in [4.78, 5) is 22.4. The number of amides is 2. The minimum Gasteiger partial charge on any atom is -0.469 e. The van der Waals surface area contributed by atoms with E-state index in [2.05, 4.69) is 15.4 Å². The van der Waals surface area contributed by atoms with Gasteiger partial charge < -0.3 is 15.4 Å². The van der Waals surface area contributed by atoms with Crippen LogP contribution in [0.2, 0.25) is 0 Å². The summed E-state index contributed by atoms with van der Waals surface area (Å²) < 4.78 is 28.2. The van der Waals surface area contributed by atoms with Gasteiger partial charge in [0.1, 0.15) is 0 Å². The Kier molecular flexibility index (Phi) is 5.11. The van der Waals surface area contributed by atoms with Crippen LogP contribution >= 0.6 is 0 Å². The molecule has 1 aliphatic rings. The maximum Gasteiger partial charge on any atom is 0.315 e. The number of ether oxygens (including phenoxy) is 1. The van der Waals surface area contributed by atoms with Gasteiger partial charge in [-0.05, 0) is 19.3 Å². The molecule has 1 fully saturated rings. The first-order valence-electron chi connectivity index (χ1n) is 5.43. The van der Waals surface area contributed by atoms with Crippen LogP contribution in [-0.4, -0.2) is 38.1 Å². The first-order chi connectivity index (χ1) is 8.02. The summed E-state index contributed by atoms with van der Waals surface area (Å²) in [6, 6.07) is -0.780. The van der Waals surface area contributed by atoms with Crippen LogP contribution in [0.4, 0.5) is 13.6 Å². The summed E-state index contributed by atoms with van der Waals surface area (Å²) in [5.74, 6) is -0.498. The number of alkyl halides is 2. The van der Waals surface area contributed by atoms with E-state index >= 15 is 0 Å². The van der Waals surface area contributed by atoms with Crippen LogP contribution in [0, 0.1) is 5.92 Å². The quantitative estimate of drug-likeness (QED) is 0.728. The summed E-state index contributed by atoms with van der Waals surface area (Å²) in [7, 11) is 1.32. The van der Waals surface area contributed by atoms with Gasteiger partial charge in [-0.1, -0.05) is 0 Å². The van der Waals surface area contributed by atoms with E-state index in [4.69, 9.17) is 0 Å². The van der Waals surface area contributed by atoms with Gasteiger partial charge in [0.15, 0.2) is 0 Å². The van der Waals surface area contributed by atoms with Crippen LogP contribution in [0.15, 0.2) is 0 Å². The number of esters is 1. The van der Waals surface area contributed by atoms with Gasteiger partial charge >= 0.3 is 12.0 Å². The van der Waals surface area contributed by atoms with Gasteiger partial charge in [-0.3, -0.25) is 4.79 Å². The van der Waals surface area contributed by atoms with Crippen molar-refractivity contribution in [1.82, 2.24) is 10.6 Å². The normalized spacial score (nSPS) is 23.5. The Bertz CT molecular complexity index is 287. The second-order valence-corrected chi connectivity index (χ2v) is 3.98. The third-order valence-electron chi connectivity index (χ3n) is 2.72. The Morgan fingerprint density at radius 2 is 2.12 bits per heavy atom. The predicted octanol–water partition coefficient (Wildman–Crippen LogP) is 0.892. The first kappa shape index (κ1) is 13.7. The smallest absolute Gasteiger partial charge is 0.315 e. The van der Waals surface area contributed by atoms with E-state index in [-0.39, 0.29) is 17.9 Å². The fourth-order valence-electron chi connectivity index (χ4n) is 1.90. The molecular weight excluding hydrogens is 234 g/mol. The average Bonchev–Trinajstić information content (AvgIpc) is 2.73. The van der Waals surface area contributed by atoms with Crippen molar-refractivity contribution in [2.75, 3.05) is 13.7 Å². The molecule has 0 unspecified atom stereocenters. The Balaban J connectivity index is 2.25. The van der Waals surface area contributed by atoms with E-state index in [0.29, 0.717) is 19.3 Å². The molecule has 5 nitrogen and oxygen atoms in total. The van der Waals surface area contributed by atoms with Gasteiger partial charge in [0.05, 0.1) is 19.6 Å². The van der Waals surface area contributed by atoms with Gasteiger partial charge in [0, 0.05) is 6.04 Å². The lowest BCUT2D eigenvalue weighted by atomic mass is 10.1. The zero-order valence-corrected chi connectivity index (χ0v) is 9.54. The van der Waals surface area contributed by atoms with Gasteiger partial charge in [0.2, 0.25) is 0 Å². The summed E-state index contributed by atoms with van der Waals surface area (Å²) in [6.45, 7) is -0.668. The number of hydrogen-bond acceptors (Lipinski definition) is 3. The van der Waals surface area contributed by atoms with Gasteiger partial charge in [0.25, 0.3) is 6.43 Å². The molecule has 7 heteroatoms. The van der Waals surface area contributed by atoms with Gasteiger partial charge in [-0.15, -0.1) is 0 Å². The summed E-state index contributed by atoms with van der Waals surface area (Å²) in [5, 5.41) is 4.60. The van der Waals surface area contributed by atoms with E-state index in [0.717, 1.165) is 0 Å². The van der Waals surface area contributed by atoms with E-state index in [1.807, 2.05) is 0 Å². The Morgan fingerprint density at radius 1 is 1.41 bits per heavy atom. The maximum absolute atomic E-state index is 11.8. The summed E-state index contributed by atoms with van der Waals surface area (Å²) in [5.41, 5.74) is 0. The number of carbonyl (C=O) groups is 2. The third-order valence-corrected chi connectivity index (χ3v) is 2.72. The zero-order chi connectivity index (χ0) is 12.8. The highest BCUT2D eigenvalue weighted by Gasteiger charge is 2.31. The molecule has 2 N–H and O–H groups in total. The standard InChI is InChI=1S/C10H16F2N2O3/c1-17-9(15)6-2-3-7(4-6)14-10(16)13-5-8(11)12/h6-8H,2-5H2,1H3,(H2,13,14,16)/t6-,7-/m1/s1. The molecule has 0 radical (unpaired) electrons. The van der Waals surface area contributed by atoms with Crippen LogP contribution in [0.5, 0.6) is 0 Å². The topological polar surface area (TPSA) is 67.4 Å². The third kappa shape index (κ3) is 4.54. The molecule has 17 heavy (non-hydrogen) atoms. The van der Waals surface area contributed by atoms with Crippen molar-refractivity contribution in [3.05, 3.63) is 0 Å². The monoisotopic (exact) mass is 250 g/mol. The highest BCUT2D eigenvalue weighted by molar-refractivity contribution is 5.75. The van der Waals surface area contributed by atoms with Crippen LogP contribution in [0.3, 0.4) is 0 Å². The second kappa shape index (κ2) is 6.36. The van der Waals surface area contributed by atoms with Gasteiger partial charge in [-0.25, -0.2) is 13.6 Å². The largest absolute Gasteiger partial charge is 0.469 e. The molecule has 1 aliphatic carbocycles.